The zero-order valence-corrected chi connectivity index (χ0v) is 47.5. The van der Waals surface area contributed by atoms with Crippen molar-refractivity contribution in [3.63, 3.8) is 0 Å². The van der Waals surface area contributed by atoms with E-state index in [4.69, 9.17) is 23.7 Å². The molecule has 8 saturated carbocycles. The van der Waals surface area contributed by atoms with Gasteiger partial charge in [0.25, 0.3) is 0 Å². The van der Waals surface area contributed by atoms with Gasteiger partial charge in [-0.15, -0.1) is 12.4 Å². The van der Waals surface area contributed by atoms with E-state index in [0.29, 0.717) is 24.4 Å². The molecule has 8 bridgehead atoms. The van der Waals surface area contributed by atoms with Gasteiger partial charge < -0.3 is 39.0 Å². The summed E-state index contributed by atoms with van der Waals surface area (Å²) < 4.78 is 33.6. The van der Waals surface area contributed by atoms with Crippen molar-refractivity contribution in [2.24, 2.45) is 45.3 Å². The molecule has 16 rings (SSSR count). The fourth-order valence-corrected chi connectivity index (χ4v) is 19.6. The summed E-state index contributed by atoms with van der Waals surface area (Å²) in [6, 6.07) is 9.44. The number of fused-ring (bicyclic) bond motifs is 4. The number of hydrogen-bond donors (Lipinski definition) is 3. The van der Waals surface area contributed by atoms with Crippen LogP contribution < -0.4 is 14.2 Å². The fraction of sp³-hybridized carbons (Fsp3) is 0.803. The minimum absolute atomic E-state index is 0. The van der Waals surface area contributed by atoms with Gasteiger partial charge in [0.2, 0.25) is 0 Å². The molecule has 4 aliphatic heterocycles. The highest BCUT2D eigenvalue weighted by Gasteiger charge is 2.84. The third kappa shape index (κ3) is 6.49. The number of nitrogens with zero attached hydrogens (tertiary/aromatic N) is 2. The summed E-state index contributed by atoms with van der Waals surface area (Å²) >= 11 is 3.53. The topological polar surface area (TPSA) is 113 Å². The highest BCUT2D eigenvalue weighted by molar-refractivity contribution is 9.09. The van der Waals surface area contributed by atoms with Crippen molar-refractivity contribution in [1.82, 2.24) is 9.80 Å². The number of alkyl halides is 1. The number of halogens is 2. The molecule has 12 heteroatoms. The summed E-state index contributed by atoms with van der Waals surface area (Å²) in [6.45, 7) is 22.4. The molecule has 10 fully saturated rings. The van der Waals surface area contributed by atoms with Crippen LogP contribution in [0.1, 0.15) is 162 Å². The average Bonchev–Trinajstić information content (AvgIpc) is 4.27. The van der Waals surface area contributed by atoms with Crippen LogP contribution in [0.4, 0.5) is 0 Å². The average molecular weight is 1090 g/mol. The van der Waals surface area contributed by atoms with Crippen molar-refractivity contribution >= 4 is 28.3 Å². The van der Waals surface area contributed by atoms with Gasteiger partial charge in [0.15, 0.2) is 23.0 Å². The summed E-state index contributed by atoms with van der Waals surface area (Å²) in [6.07, 6.45) is 15.6. The maximum atomic E-state index is 12.3. The molecule has 0 aromatic heterocycles. The Hall–Kier alpha value is -1.83. The Labute approximate surface area is 452 Å². The van der Waals surface area contributed by atoms with E-state index in [2.05, 4.69) is 92.4 Å². The predicted octanol–water partition coefficient (Wildman–Crippen LogP) is 11.0. The molecule has 4 spiro atoms. The summed E-state index contributed by atoms with van der Waals surface area (Å²) in [7, 11) is 3.70. The van der Waals surface area contributed by atoms with Crippen LogP contribution in [-0.2, 0) is 33.1 Å². The molecule has 14 atom stereocenters. The third-order valence-corrected chi connectivity index (χ3v) is 24.4. The van der Waals surface area contributed by atoms with Crippen LogP contribution in [0.25, 0.3) is 0 Å². The highest BCUT2D eigenvalue weighted by Crippen LogP contribution is 2.80. The van der Waals surface area contributed by atoms with E-state index in [9.17, 15) is 15.3 Å². The van der Waals surface area contributed by atoms with Crippen molar-refractivity contribution < 1.29 is 39.0 Å². The Kier molecular flexibility index (Phi) is 12.3. The Balaban J connectivity index is 0.000000154. The van der Waals surface area contributed by atoms with Crippen molar-refractivity contribution in [1.29, 1.82) is 0 Å². The number of methoxy groups -OCH3 is 2. The molecule has 14 aliphatic rings. The number of hydrogen-bond acceptors (Lipinski definition) is 10. The molecule has 73 heavy (non-hydrogen) atoms. The molecular formula is C61H90BrClN2O8. The Morgan fingerprint density at radius 1 is 0.644 bits per heavy atom. The van der Waals surface area contributed by atoms with Crippen LogP contribution in [0, 0.1) is 45.3 Å². The predicted molar refractivity (Wildman–Crippen MR) is 292 cm³/mol. The van der Waals surface area contributed by atoms with E-state index in [1.54, 1.807) is 0 Å². The normalized spacial score (nSPS) is 41.3. The van der Waals surface area contributed by atoms with Crippen molar-refractivity contribution in [3.05, 3.63) is 46.5 Å². The first-order valence-electron chi connectivity index (χ1n) is 28.1. The second kappa shape index (κ2) is 16.8. The van der Waals surface area contributed by atoms with Crippen molar-refractivity contribution in [2.75, 3.05) is 52.3 Å². The molecule has 10 nitrogen and oxygen atoms in total. The largest absolute Gasteiger partial charge is 0.504 e. The van der Waals surface area contributed by atoms with Crippen LogP contribution in [-0.4, -0.2) is 124 Å². The highest BCUT2D eigenvalue weighted by atomic mass is 79.9. The molecule has 2 saturated heterocycles. The van der Waals surface area contributed by atoms with Gasteiger partial charge in [0.05, 0.1) is 17.8 Å². The smallest absolute Gasteiger partial charge is 0.165 e. The Morgan fingerprint density at radius 3 is 1.51 bits per heavy atom. The van der Waals surface area contributed by atoms with Crippen LogP contribution >= 0.6 is 28.3 Å². The lowest BCUT2D eigenvalue weighted by Gasteiger charge is -2.75. The number of rotatable bonds is 11. The molecule has 2 aromatic carbocycles. The molecular weight excluding hydrogens is 1000 g/mol. The lowest BCUT2D eigenvalue weighted by atomic mass is 9.33. The zero-order chi connectivity index (χ0) is 49.9. The fourth-order valence-electron chi connectivity index (χ4n) is 19.4. The zero-order valence-electron chi connectivity index (χ0n) is 45.1. The molecule has 4 heterocycles. The third-order valence-electron chi connectivity index (χ3n) is 24.0. The van der Waals surface area contributed by atoms with Crippen LogP contribution in [0.3, 0.4) is 0 Å². The summed E-state index contributed by atoms with van der Waals surface area (Å²) in [5, 5.41) is 36.3. The Morgan fingerprint density at radius 2 is 1.08 bits per heavy atom. The van der Waals surface area contributed by atoms with Gasteiger partial charge in [-0.2, -0.15) is 0 Å². The first-order valence-corrected chi connectivity index (χ1v) is 29.3. The lowest BCUT2D eigenvalue weighted by molar-refractivity contribution is -0.312. The van der Waals surface area contributed by atoms with Crippen molar-refractivity contribution in [2.45, 2.75) is 210 Å². The quantitative estimate of drug-likeness (QED) is 0.188. The van der Waals surface area contributed by atoms with E-state index in [0.717, 1.165) is 106 Å². The van der Waals surface area contributed by atoms with E-state index in [-0.39, 0.29) is 82.1 Å². The molecule has 0 radical (unpaired) electrons. The van der Waals surface area contributed by atoms with E-state index < -0.39 is 22.4 Å². The molecule has 0 amide bonds. The molecule has 3 N–H and O–H groups in total. The number of phenolic OH excluding ortho intramolecular Hbond substituents is 1. The Bertz CT molecular complexity index is 2520. The first-order chi connectivity index (χ1) is 33.6. The number of aliphatic hydroxyl groups is 2. The second-order valence-electron chi connectivity index (χ2n) is 28.1. The number of aromatic hydroxyl groups is 1. The molecule has 2 aromatic rings. The van der Waals surface area contributed by atoms with Gasteiger partial charge >= 0.3 is 0 Å². The van der Waals surface area contributed by atoms with Crippen molar-refractivity contribution in [3.8, 4) is 23.0 Å². The maximum absolute atomic E-state index is 12.3. The molecule has 10 aliphatic carbocycles. The van der Waals surface area contributed by atoms with E-state index in [1.165, 1.54) is 61.0 Å². The minimum Gasteiger partial charge on any atom is -0.504 e. The summed E-state index contributed by atoms with van der Waals surface area (Å²) in [5.74, 6) is 4.53. The number of likely N-dealkylation sites (tertiary alicyclic amines) is 2. The monoisotopic (exact) mass is 1090 g/mol. The number of phenols is 1. The lowest BCUT2D eigenvalue weighted by Crippen LogP contribution is -2.83. The summed E-state index contributed by atoms with van der Waals surface area (Å²) in [5.41, 5.74) is 1.99. The van der Waals surface area contributed by atoms with Gasteiger partial charge in [0, 0.05) is 89.3 Å². The molecule has 0 unspecified atom stereocenters. The maximum Gasteiger partial charge on any atom is 0.165 e. The van der Waals surface area contributed by atoms with E-state index in [1.807, 2.05) is 27.2 Å². The first kappa shape index (κ1) is 53.2. The van der Waals surface area contributed by atoms with Gasteiger partial charge in [-0.3, -0.25) is 9.80 Å². The number of piperidine rings is 2. The van der Waals surface area contributed by atoms with Crippen LogP contribution in [0.15, 0.2) is 24.3 Å². The number of ether oxygens (including phenoxy) is 5. The van der Waals surface area contributed by atoms with E-state index >= 15 is 0 Å². The van der Waals surface area contributed by atoms with Gasteiger partial charge in [0.1, 0.15) is 23.4 Å². The minimum atomic E-state index is -0.909. The standard InChI is InChI=1S/C31H44BrNO4.C29H41NO4.CH4.ClH/c1-27(2,3)28(4,34)22-17-29-10-11-31(22,35-5)26-30(29)12-14-33(18-19-6-7-19)23(29)16-20-8-9-21(36-15-13-32)25(37-26)24(20)30;1-25(2,3)26(4,32)20-15-27-10-11-29(20,33-5)24-28(27)12-13-30(16-17-6-7-17)21(27)14-18-8-9-19(31)23(34-24)22(18)28;;/h8-9,19,22-23,26,34H,6-7,10-18H2,1-5H3;8-9,17,20-21,24,31-32H,6-7,10-16H2,1-5H3;1H4;1H/t22-,23-,26+,28+,29-,30+,31+;20-,21-,24+,26+,27-,28+,29+;;/m11../s1. The second-order valence-corrected chi connectivity index (χ2v) is 28.9. The van der Waals surface area contributed by atoms with Gasteiger partial charge in [-0.25, -0.2) is 0 Å². The SMILES string of the molecule is C.CO[C@@]12CC[C@@]3(C[C@@H]1[C@](C)(O)C(C)(C)C)[C@H]1Cc4ccc(O)c5c4[C@@]3(CCN1CC1CC1)[C@@H]2O5.CO[C@@]12CC[C@@]3(C[C@@H]1[C@](C)(O)C(C)(C)C)[C@H]1Cc4ccc(OCCBr)c5c4[C@@]3(CCN1CC1CC1)[C@@H]2O5.Cl. The van der Waals surface area contributed by atoms with Gasteiger partial charge in [-0.05, 0) is 163 Å². The summed E-state index contributed by atoms with van der Waals surface area (Å²) in [4.78, 5) is 5.69. The number of benzene rings is 2. The van der Waals surface area contributed by atoms with Gasteiger partial charge in [-0.1, -0.05) is 77.0 Å². The molecule has 406 valence electrons. The van der Waals surface area contributed by atoms with Crippen LogP contribution in [0.2, 0.25) is 0 Å². The van der Waals surface area contributed by atoms with Crippen LogP contribution in [0.5, 0.6) is 23.0 Å².